The van der Waals surface area contributed by atoms with Gasteiger partial charge in [-0.3, -0.25) is 0 Å². The van der Waals surface area contributed by atoms with Gasteiger partial charge in [0.2, 0.25) is 0 Å². The van der Waals surface area contributed by atoms with Crippen molar-refractivity contribution in [2.75, 3.05) is 0 Å². The summed E-state index contributed by atoms with van der Waals surface area (Å²) >= 11 is 0. The van der Waals surface area contributed by atoms with Gasteiger partial charge < -0.3 is 0 Å². The molecule has 0 saturated carbocycles. The van der Waals surface area contributed by atoms with Gasteiger partial charge in [0.1, 0.15) is 0 Å². The van der Waals surface area contributed by atoms with E-state index in [-0.39, 0.29) is 0 Å². The molecule has 0 atom stereocenters. The smallest absolute Gasteiger partial charge is 0.0228 e. The monoisotopic (exact) mass is 188 g/mol. The van der Waals surface area contributed by atoms with Gasteiger partial charge in [-0.1, -0.05) is 55.7 Å². The Morgan fingerprint density at radius 1 is 1.21 bits per heavy atom. The van der Waals surface area contributed by atoms with Gasteiger partial charge in [-0.25, -0.2) is 0 Å². The Labute approximate surface area is 87.7 Å². The van der Waals surface area contributed by atoms with Crippen molar-refractivity contribution in [1.29, 1.82) is 0 Å². The third-order valence-corrected chi connectivity index (χ3v) is 2.46. The summed E-state index contributed by atoms with van der Waals surface area (Å²) in [4.78, 5) is 0. The summed E-state index contributed by atoms with van der Waals surface area (Å²) in [5.74, 6) is 0. The Morgan fingerprint density at radius 2 is 2.00 bits per heavy atom. The number of hydrogen-bond acceptors (Lipinski definition) is 0. The second-order valence-corrected chi connectivity index (χ2v) is 3.90. The summed E-state index contributed by atoms with van der Waals surface area (Å²) in [5.41, 5.74) is 4.06. The molecule has 0 fully saturated rings. The zero-order valence-corrected chi connectivity index (χ0v) is 9.51. The normalized spacial score (nSPS) is 11.1. The Kier molecular flexibility index (Phi) is 4.45. The van der Waals surface area contributed by atoms with Crippen molar-refractivity contribution in [1.82, 2.24) is 0 Å². The first-order valence-corrected chi connectivity index (χ1v) is 5.48. The van der Waals surface area contributed by atoms with Crippen LogP contribution in [0.2, 0.25) is 0 Å². The largest absolute Gasteiger partial charge is 0.0839 e. The second-order valence-electron chi connectivity index (χ2n) is 3.90. The van der Waals surface area contributed by atoms with Crippen molar-refractivity contribution in [3.63, 3.8) is 0 Å². The Bertz CT molecular complexity index is 308. The van der Waals surface area contributed by atoms with Crippen molar-refractivity contribution >= 4 is 6.08 Å². The number of aryl methyl sites for hydroxylation is 2. The molecule has 0 heterocycles. The average molecular weight is 188 g/mol. The van der Waals surface area contributed by atoms with Crippen molar-refractivity contribution in [3.8, 4) is 0 Å². The van der Waals surface area contributed by atoms with Crippen LogP contribution in [-0.4, -0.2) is 0 Å². The molecule has 0 amide bonds. The highest BCUT2D eigenvalue weighted by Crippen LogP contribution is 2.13. The highest BCUT2D eigenvalue weighted by atomic mass is 14.0. The maximum atomic E-state index is 2.28. The Hall–Kier alpha value is -1.04. The van der Waals surface area contributed by atoms with Crippen LogP contribution in [0, 0.1) is 13.8 Å². The lowest BCUT2D eigenvalue weighted by Crippen LogP contribution is -1.81. The van der Waals surface area contributed by atoms with Crippen molar-refractivity contribution < 1.29 is 0 Å². The van der Waals surface area contributed by atoms with E-state index < -0.39 is 0 Å². The summed E-state index contributed by atoms with van der Waals surface area (Å²) in [7, 11) is 0. The zero-order chi connectivity index (χ0) is 10.4. The van der Waals surface area contributed by atoms with Gasteiger partial charge in [-0.15, -0.1) is 0 Å². The molecule has 0 aliphatic heterocycles. The molecule has 0 N–H and O–H groups in total. The summed E-state index contributed by atoms with van der Waals surface area (Å²) < 4.78 is 0. The summed E-state index contributed by atoms with van der Waals surface area (Å²) in [6.07, 6.45) is 8.30. The lowest BCUT2D eigenvalue weighted by molar-refractivity contribution is 0.816. The van der Waals surface area contributed by atoms with Crippen molar-refractivity contribution in [3.05, 3.63) is 41.0 Å². The fourth-order valence-corrected chi connectivity index (χ4v) is 1.47. The first-order chi connectivity index (χ1) is 6.74. The molecule has 76 valence electrons. The molecule has 14 heavy (non-hydrogen) atoms. The number of hydrogen-bond donors (Lipinski definition) is 0. The van der Waals surface area contributed by atoms with Crippen LogP contribution in [0.4, 0.5) is 0 Å². The molecular weight excluding hydrogens is 168 g/mol. The standard InChI is InChI=1S/C14H20/c1-4-5-6-7-8-14-11-12(2)9-10-13(14)3/h7-11H,4-6H2,1-3H3. The highest BCUT2D eigenvalue weighted by Gasteiger charge is 1.93. The molecule has 0 unspecified atom stereocenters. The molecule has 0 aliphatic carbocycles. The van der Waals surface area contributed by atoms with E-state index in [1.807, 2.05) is 0 Å². The van der Waals surface area contributed by atoms with Crippen LogP contribution in [0.5, 0.6) is 0 Å². The Morgan fingerprint density at radius 3 is 2.71 bits per heavy atom. The predicted octanol–water partition coefficient (Wildman–Crippen LogP) is 4.51. The molecule has 0 nitrogen and oxygen atoms in total. The number of unbranched alkanes of at least 4 members (excludes halogenated alkanes) is 2. The van der Waals surface area contributed by atoms with E-state index in [4.69, 9.17) is 0 Å². The number of benzene rings is 1. The minimum Gasteiger partial charge on any atom is -0.0839 e. The molecule has 0 radical (unpaired) electrons. The Balaban J connectivity index is 2.65. The lowest BCUT2D eigenvalue weighted by Gasteiger charge is -2.01. The third kappa shape index (κ3) is 3.37. The summed E-state index contributed by atoms with van der Waals surface area (Å²) in [6.45, 7) is 6.54. The van der Waals surface area contributed by atoms with E-state index in [0.717, 1.165) is 0 Å². The molecule has 0 heteroatoms. The van der Waals surface area contributed by atoms with Crippen LogP contribution in [0.25, 0.3) is 6.08 Å². The molecule has 0 saturated heterocycles. The first kappa shape index (κ1) is 11.0. The summed E-state index contributed by atoms with van der Waals surface area (Å²) in [6, 6.07) is 6.60. The minimum absolute atomic E-state index is 1.20. The van der Waals surface area contributed by atoms with Gasteiger partial charge in [-0.05, 0) is 31.4 Å². The third-order valence-electron chi connectivity index (χ3n) is 2.46. The van der Waals surface area contributed by atoms with Gasteiger partial charge in [0.25, 0.3) is 0 Å². The van der Waals surface area contributed by atoms with Gasteiger partial charge in [0, 0.05) is 0 Å². The van der Waals surface area contributed by atoms with Crippen LogP contribution in [0.1, 0.15) is 42.9 Å². The summed E-state index contributed by atoms with van der Waals surface area (Å²) in [5, 5.41) is 0. The fraction of sp³-hybridized carbons (Fsp3) is 0.429. The maximum Gasteiger partial charge on any atom is -0.0228 e. The molecule has 0 aromatic heterocycles. The van der Waals surface area contributed by atoms with Crippen LogP contribution in [0.15, 0.2) is 24.3 Å². The predicted molar refractivity (Wildman–Crippen MR) is 64.5 cm³/mol. The van der Waals surface area contributed by atoms with Crippen molar-refractivity contribution in [2.45, 2.75) is 40.0 Å². The number of allylic oxidation sites excluding steroid dienone is 1. The molecule has 0 aliphatic rings. The van der Waals surface area contributed by atoms with Gasteiger partial charge >= 0.3 is 0 Å². The molecular formula is C14H20. The topological polar surface area (TPSA) is 0 Å². The van der Waals surface area contributed by atoms with Crippen molar-refractivity contribution in [2.24, 2.45) is 0 Å². The molecule has 0 spiro atoms. The highest BCUT2D eigenvalue weighted by molar-refractivity contribution is 5.54. The van der Waals surface area contributed by atoms with E-state index in [2.05, 4.69) is 51.1 Å². The van der Waals surface area contributed by atoms with Crippen LogP contribution >= 0.6 is 0 Å². The van der Waals surface area contributed by atoms with E-state index in [0.29, 0.717) is 0 Å². The van der Waals surface area contributed by atoms with Crippen LogP contribution in [-0.2, 0) is 0 Å². The second kappa shape index (κ2) is 5.64. The minimum atomic E-state index is 1.20. The van der Waals surface area contributed by atoms with Gasteiger partial charge in [0.15, 0.2) is 0 Å². The average Bonchev–Trinajstić information content (AvgIpc) is 2.18. The molecule has 1 aromatic carbocycles. The van der Waals surface area contributed by atoms with Gasteiger partial charge in [-0.2, -0.15) is 0 Å². The first-order valence-electron chi connectivity index (χ1n) is 5.48. The van der Waals surface area contributed by atoms with Crippen LogP contribution < -0.4 is 0 Å². The quantitative estimate of drug-likeness (QED) is 0.610. The fourth-order valence-electron chi connectivity index (χ4n) is 1.47. The van der Waals surface area contributed by atoms with E-state index in [9.17, 15) is 0 Å². The lowest BCUT2D eigenvalue weighted by atomic mass is 10.0. The van der Waals surface area contributed by atoms with E-state index in [1.54, 1.807) is 0 Å². The van der Waals surface area contributed by atoms with Gasteiger partial charge in [0.05, 0.1) is 0 Å². The number of rotatable bonds is 4. The SMILES string of the molecule is CCCCC=Cc1cc(C)ccc1C. The zero-order valence-electron chi connectivity index (χ0n) is 9.51. The maximum absolute atomic E-state index is 2.28. The van der Waals surface area contributed by atoms with E-state index in [1.165, 1.54) is 36.0 Å². The molecule has 1 aromatic rings. The molecule has 1 rings (SSSR count). The van der Waals surface area contributed by atoms with E-state index >= 15 is 0 Å². The molecule has 0 bridgehead atoms. The van der Waals surface area contributed by atoms with Crippen LogP contribution in [0.3, 0.4) is 0 Å².